The number of halogens is 1. The van der Waals surface area contributed by atoms with Crippen molar-refractivity contribution in [1.29, 1.82) is 0 Å². The van der Waals surface area contributed by atoms with E-state index in [0.717, 1.165) is 66.1 Å². The fourth-order valence-corrected chi connectivity index (χ4v) is 3.81. The Balaban J connectivity index is 1.74. The van der Waals surface area contributed by atoms with Gasteiger partial charge in [-0.1, -0.05) is 11.6 Å². The minimum atomic E-state index is 0.277. The van der Waals surface area contributed by atoms with Crippen molar-refractivity contribution >= 4 is 39.1 Å². The molecule has 27 heavy (non-hydrogen) atoms. The van der Waals surface area contributed by atoms with Crippen molar-refractivity contribution in [3.63, 3.8) is 0 Å². The molecule has 4 rings (SSSR count). The van der Waals surface area contributed by atoms with E-state index in [-0.39, 0.29) is 6.04 Å². The molecule has 1 saturated heterocycles. The summed E-state index contributed by atoms with van der Waals surface area (Å²) in [6.07, 6.45) is 0. The number of methoxy groups -OCH3 is 1. The lowest BCUT2D eigenvalue weighted by atomic mass is 10.1. The fraction of sp³-hybridized carbons (Fsp3) is 0.381. The lowest BCUT2D eigenvalue weighted by Crippen LogP contribution is -2.42. The number of ether oxygens (including phenoxy) is 2. The molecule has 1 aromatic heterocycles. The average molecular weight is 386 g/mol. The van der Waals surface area contributed by atoms with Gasteiger partial charge in [0, 0.05) is 41.5 Å². The standard InChI is InChI=1S/C21H24ClN3O2/c1-14(13-25-7-9-27-10-8-25)23-21-17-5-3-15(22)11-20(17)24-19-6-4-16(26-2)12-18(19)21/h3-6,11-12,14H,7-10,13H2,1-2H3,(H,23,24). The predicted molar refractivity (Wildman–Crippen MR) is 111 cm³/mol. The molecule has 0 amide bonds. The Kier molecular flexibility index (Phi) is 5.34. The zero-order valence-electron chi connectivity index (χ0n) is 15.7. The number of fused-ring (bicyclic) bond motifs is 2. The van der Waals surface area contributed by atoms with Gasteiger partial charge in [-0.05, 0) is 43.3 Å². The van der Waals surface area contributed by atoms with Crippen LogP contribution >= 0.6 is 11.6 Å². The van der Waals surface area contributed by atoms with E-state index in [1.165, 1.54) is 0 Å². The Morgan fingerprint density at radius 2 is 1.96 bits per heavy atom. The van der Waals surface area contributed by atoms with Crippen molar-refractivity contribution in [1.82, 2.24) is 9.88 Å². The first-order chi connectivity index (χ1) is 13.1. The summed E-state index contributed by atoms with van der Waals surface area (Å²) in [5.74, 6) is 0.821. The third-order valence-electron chi connectivity index (χ3n) is 4.97. The Bertz CT molecular complexity index is 957. The molecule has 0 radical (unpaired) electrons. The molecule has 2 heterocycles. The molecule has 5 nitrogen and oxygen atoms in total. The van der Waals surface area contributed by atoms with Crippen LogP contribution in [0.2, 0.25) is 5.02 Å². The van der Waals surface area contributed by atoms with Crippen LogP contribution < -0.4 is 10.1 Å². The second kappa shape index (κ2) is 7.89. The SMILES string of the molecule is COc1ccc2nc3cc(Cl)ccc3c(NC(C)CN3CCOCC3)c2c1. The highest BCUT2D eigenvalue weighted by molar-refractivity contribution is 6.31. The third kappa shape index (κ3) is 3.95. The summed E-state index contributed by atoms with van der Waals surface area (Å²) >= 11 is 6.21. The van der Waals surface area contributed by atoms with Crippen LogP contribution in [-0.2, 0) is 4.74 Å². The van der Waals surface area contributed by atoms with Crippen LogP contribution in [-0.4, -0.2) is 55.9 Å². The van der Waals surface area contributed by atoms with E-state index >= 15 is 0 Å². The fourth-order valence-electron chi connectivity index (χ4n) is 3.64. The zero-order chi connectivity index (χ0) is 18.8. The summed E-state index contributed by atoms with van der Waals surface area (Å²) in [6.45, 7) is 6.75. The van der Waals surface area contributed by atoms with Crippen LogP contribution in [0.3, 0.4) is 0 Å². The number of hydrogen-bond acceptors (Lipinski definition) is 5. The summed E-state index contributed by atoms with van der Waals surface area (Å²) < 4.78 is 10.9. The predicted octanol–water partition coefficient (Wildman–Crippen LogP) is 4.18. The first-order valence-corrected chi connectivity index (χ1v) is 9.65. The first-order valence-electron chi connectivity index (χ1n) is 9.27. The van der Waals surface area contributed by atoms with Gasteiger partial charge in [0.2, 0.25) is 0 Å². The maximum absolute atomic E-state index is 6.21. The number of hydrogen-bond donors (Lipinski definition) is 1. The molecule has 2 aromatic carbocycles. The van der Waals surface area contributed by atoms with E-state index in [2.05, 4.69) is 17.1 Å². The van der Waals surface area contributed by atoms with Crippen molar-refractivity contribution in [3.8, 4) is 5.75 Å². The Morgan fingerprint density at radius 3 is 2.74 bits per heavy atom. The Morgan fingerprint density at radius 1 is 1.15 bits per heavy atom. The van der Waals surface area contributed by atoms with Crippen LogP contribution in [0, 0.1) is 0 Å². The van der Waals surface area contributed by atoms with Gasteiger partial charge in [0.05, 0.1) is 37.0 Å². The second-order valence-corrected chi connectivity index (χ2v) is 7.43. The van der Waals surface area contributed by atoms with Gasteiger partial charge in [-0.3, -0.25) is 4.90 Å². The number of nitrogens with zero attached hydrogens (tertiary/aromatic N) is 2. The smallest absolute Gasteiger partial charge is 0.119 e. The highest BCUT2D eigenvalue weighted by Crippen LogP contribution is 2.34. The van der Waals surface area contributed by atoms with Gasteiger partial charge in [0.25, 0.3) is 0 Å². The lowest BCUT2D eigenvalue weighted by Gasteiger charge is -2.30. The van der Waals surface area contributed by atoms with E-state index in [9.17, 15) is 0 Å². The van der Waals surface area contributed by atoms with E-state index in [1.807, 2.05) is 36.4 Å². The summed E-state index contributed by atoms with van der Waals surface area (Å²) in [5.41, 5.74) is 2.89. The number of nitrogens with one attached hydrogen (secondary N) is 1. The number of morpholine rings is 1. The molecule has 1 aliphatic rings. The molecule has 1 aliphatic heterocycles. The number of anilines is 1. The molecule has 6 heteroatoms. The molecule has 1 fully saturated rings. The topological polar surface area (TPSA) is 46.6 Å². The van der Waals surface area contributed by atoms with Crippen molar-refractivity contribution < 1.29 is 9.47 Å². The maximum Gasteiger partial charge on any atom is 0.119 e. The van der Waals surface area contributed by atoms with Crippen molar-refractivity contribution in [2.75, 3.05) is 45.3 Å². The minimum Gasteiger partial charge on any atom is -0.497 e. The van der Waals surface area contributed by atoms with E-state index in [0.29, 0.717) is 5.02 Å². The van der Waals surface area contributed by atoms with Crippen LogP contribution in [0.1, 0.15) is 6.92 Å². The van der Waals surface area contributed by atoms with Crippen molar-refractivity contribution in [3.05, 3.63) is 41.4 Å². The second-order valence-electron chi connectivity index (χ2n) is 6.99. The number of aromatic nitrogens is 1. The van der Waals surface area contributed by atoms with Gasteiger partial charge in [-0.15, -0.1) is 0 Å². The van der Waals surface area contributed by atoms with E-state index in [4.69, 9.17) is 26.1 Å². The molecule has 3 aromatic rings. The first kappa shape index (κ1) is 18.3. The van der Waals surface area contributed by atoms with Gasteiger partial charge in [-0.25, -0.2) is 4.98 Å². The van der Waals surface area contributed by atoms with Gasteiger partial charge >= 0.3 is 0 Å². The van der Waals surface area contributed by atoms with Gasteiger partial charge < -0.3 is 14.8 Å². The molecular formula is C21H24ClN3O2. The quantitative estimate of drug-likeness (QED) is 0.667. The van der Waals surface area contributed by atoms with Crippen LogP contribution in [0.25, 0.3) is 21.8 Å². The van der Waals surface area contributed by atoms with E-state index in [1.54, 1.807) is 7.11 Å². The van der Waals surface area contributed by atoms with Crippen molar-refractivity contribution in [2.24, 2.45) is 0 Å². The monoisotopic (exact) mass is 385 g/mol. The Labute approximate surface area is 164 Å². The van der Waals surface area contributed by atoms with Gasteiger partial charge in [0.15, 0.2) is 0 Å². The molecule has 0 spiro atoms. The largest absolute Gasteiger partial charge is 0.497 e. The van der Waals surface area contributed by atoms with Gasteiger partial charge in [0.1, 0.15) is 5.75 Å². The zero-order valence-corrected chi connectivity index (χ0v) is 16.4. The normalized spacial score (nSPS) is 16.6. The molecule has 1 unspecified atom stereocenters. The number of pyridine rings is 1. The molecule has 0 aliphatic carbocycles. The van der Waals surface area contributed by atoms with Crippen LogP contribution in [0.5, 0.6) is 5.75 Å². The molecule has 1 N–H and O–H groups in total. The summed E-state index contributed by atoms with van der Waals surface area (Å²) in [6, 6.07) is 12.1. The summed E-state index contributed by atoms with van der Waals surface area (Å²) in [5, 5.41) is 6.53. The molecule has 0 saturated carbocycles. The van der Waals surface area contributed by atoms with Crippen LogP contribution in [0.15, 0.2) is 36.4 Å². The third-order valence-corrected chi connectivity index (χ3v) is 5.20. The molecule has 1 atom stereocenters. The molecular weight excluding hydrogens is 362 g/mol. The number of benzene rings is 2. The number of rotatable bonds is 5. The lowest BCUT2D eigenvalue weighted by molar-refractivity contribution is 0.0368. The minimum absolute atomic E-state index is 0.277. The van der Waals surface area contributed by atoms with Crippen LogP contribution in [0.4, 0.5) is 5.69 Å². The van der Waals surface area contributed by atoms with E-state index < -0.39 is 0 Å². The highest BCUT2D eigenvalue weighted by atomic mass is 35.5. The highest BCUT2D eigenvalue weighted by Gasteiger charge is 2.17. The molecule has 142 valence electrons. The summed E-state index contributed by atoms with van der Waals surface area (Å²) in [7, 11) is 1.68. The Hall–Kier alpha value is -2.08. The summed E-state index contributed by atoms with van der Waals surface area (Å²) in [4.78, 5) is 7.23. The molecule has 0 bridgehead atoms. The average Bonchev–Trinajstić information content (AvgIpc) is 2.68. The van der Waals surface area contributed by atoms with Gasteiger partial charge in [-0.2, -0.15) is 0 Å². The maximum atomic E-state index is 6.21. The van der Waals surface area contributed by atoms with Crippen molar-refractivity contribution in [2.45, 2.75) is 13.0 Å².